The molecule has 0 atom stereocenters. The molecule has 4 rings (SSSR count). The maximum atomic E-state index is 12.5. The first kappa shape index (κ1) is 18.1. The van der Waals surface area contributed by atoms with Crippen molar-refractivity contribution in [3.63, 3.8) is 0 Å². The Balaban J connectivity index is 1.53. The number of fused-ring (bicyclic) bond motifs is 1. The molecule has 0 saturated heterocycles. The number of thiophene rings is 1. The molecular weight excluding hydrogens is 378 g/mol. The SMILES string of the molecule is Cc1ccc(Cl)cc1NC(=O)NCc1c(-n2cccc2)sc2c1CCCC2. The number of benzene rings is 1. The van der Waals surface area contributed by atoms with Crippen LogP contribution in [0.15, 0.2) is 42.7 Å². The van der Waals surface area contributed by atoms with Gasteiger partial charge in [0.05, 0.1) is 0 Å². The highest BCUT2D eigenvalue weighted by atomic mass is 35.5. The minimum atomic E-state index is -0.213. The lowest BCUT2D eigenvalue weighted by Crippen LogP contribution is -2.29. The summed E-state index contributed by atoms with van der Waals surface area (Å²) in [5, 5.41) is 7.77. The molecule has 140 valence electrons. The fourth-order valence-electron chi connectivity index (χ4n) is 3.54. The summed E-state index contributed by atoms with van der Waals surface area (Å²) in [5.74, 6) is 0. The van der Waals surface area contributed by atoms with E-state index in [0.717, 1.165) is 24.1 Å². The average Bonchev–Trinajstić information content (AvgIpc) is 3.30. The van der Waals surface area contributed by atoms with Crippen molar-refractivity contribution in [1.82, 2.24) is 9.88 Å². The van der Waals surface area contributed by atoms with Crippen molar-refractivity contribution in [2.24, 2.45) is 0 Å². The van der Waals surface area contributed by atoms with Crippen LogP contribution in [-0.4, -0.2) is 10.6 Å². The molecule has 0 radical (unpaired) electrons. The largest absolute Gasteiger partial charge is 0.334 e. The van der Waals surface area contributed by atoms with Crippen LogP contribution in [0.2, 0.25) is 5.02 Å². The van der Waals surface area contributed by atoms with Gasteiger partial charge in [-0.2, -0.15) is 0 Å². The summed E-state index contributed by atoms with van der Waals surface area (Å²) in [5.41, 5.74) is 4.38. The fourth-order valence-corrected chi connectivity index (χ4v) is 5.09. The van der Waals surface area contributed by atoms with E-state index in [9.17, 15) is 4.79 Å². The van der Waals surface area contributed by atoms with E-state index in [1.54, 1.807) is 6.07 Å². The molecule has 6 heteroatoms. The number of amides is 2. The van der Waals surface area contributed by atoms with Gasteiger partial charge in [-0.25, -0.2) is 4.79 Å². The predicted octanol–water partition coefficient (Wildman–Crippen LogP) is 5.70. The lowest BCUT2D eigenvalue weighted by atomic mass is 9.95. The molecule has 2 amide bonds. The number of hydrogen-bond acceptors (Lipinski definition) is 2. The van der Waals surface area contributed by atoms with Gasteiger partial charge >= 0.3 is 6.03 Å². The van der Waals surface area contributed by atoms with Gasteiger partial charge in [0, 0.05) is 40.1 Å². The van der Waals surface area contributed by atoms with E-state index >= 15 is 0 Å². The first-order valence-electron chi connectivity index (χ1n) is 9.19. The second-order valence-electron chi connectivity index (χ2n) is 6.85. The Morgan fingerprint density at radius 2 is 2.00 bits per heavy atom. The molecule has 0 saturated carbocycles. The van der Waals surface area contributed by atoms with Gasteiger partial charge < -0.3 is 15.2 Å². The van der Waals surface area contributed by atoms with Crippen molar-refractivity contribution in [1.29, 1.82) is 0 Å². The first-order chi connectivity index (χ1) is 13.1. The second-order valence-corrected chi connectivity index (χ2v) is 8.37. The molecular formula is C21H22ClN3OS. The number of urea groups is 1. The van der Waals surface area contributed by atoms with Crippen molar-refractivity contribution < 1.29 is 4.79 Å². The molecule has 0 aliphatic heterocycles. The molecule has 27 heavy (non-hydrogen) atoms. The third-order valence-electron chi connectivity index (χ3n) is 4.97. The molecule has 1 aliphatic carbocycles. The Morgan fingerprint density at radius 1 is 1.22 bits per heavy atom. The third-order valence-corrected chi connectivity index (χ3v) is 6.55. The highest BCUT2D eigenvalue weighted by molar-refractivity contribution is 7.14. The Kier molecular flexibility index (Phi) is 5.23. The highest BCUT2D eigenvalue weighted by Gasteiger charge is 2.21. The minimum absolute atomic E-state index is 0.213. The van der Waals surface area contributed by atoms with E-state index in [4.69, 9.17) is 11.6 Å². The van der Waals surface area contributed by atoms with Crippen molar-refractivity contribution >= 4 is 34.7 Å². The number of aromatic nitrogens is 1. The predicted molar refractivity (Wildman–Crippen MR) is 112 cm³/mol. The van der Waals surface area contributed by atoms with Crippen LogP contribution >= 0.6 is 22.9 Å². The number of anilines is 1. The van der Waals surface area contributed by atoms with Gasteiger partial charge in [0.15, 0.2) is 0 Å². The number of halogens is 1. The van der Waals surface area contributed by atoms with Crippen LogP contribution in [0.5, 0.6) is 0 Å². The van der Waals surface area contributed by atoms with Crippen molar-refractivity contribution in [2.45, 2.75) is 39.2 Å². The third kappa shape index (κ3) is 3.89. The molecule has 2 aromatic heterocycles. The zero-order chi connectivity index (χ0) is 18.8. The zero-order valence-electron chi connectivity index (χ0n) is 15.2. The second kappa shape index (κ2) is 7.79. The van der Waals surface area contributed by atoms with Crippen LogP contribution in [0.3, 0.4) is 0 Å². The van der Waals surface area contributed by atoms with Gasteiger partial charge in [-0.05, 0) is 68.0 Å². The number of rotatable bonds is 4. The van der Waals surface area contributed by atoms with E-state index in [1.807, 2.05) is 42.5 Å². The van der Waals surface area contributed by atoms with E-state index in [0.29, 0.717) is 11.6 Å². The molecule has 4 nitrogen and oxygen atoms in total. The number of carbonyl (C=O) groups is 1. The zero-order valence-corrected chi connectivity index (χ0v) is 16.8. The van der Waals surface area contributed by atoms with Crippen molar-refractivity contribution in [2.75, 3.05) is 5.32 Å². The number of nitrogens with zero attached hydrogens (tertiary/aromatic N) is 1. The van der Waals surface area contributed by atoms with E-state index < -0.39 is 0 Å². The molecule has 2 N–H and O–H groups in total. The van der Waals surface area contributed by atoms with Crippen molar-refractivity contribution in [3.8, 4) is 5.00 Å². The van der Waals surface area contributed by atoms with Gasteiger partial charge in [0.25, 0.3) is 0 Å². The van der Waals surface area contributed by atoms with Crippen LogP contribution in [0.25, 0.3) is 5.00 Å². The average molecular weight is 400 g/mol. The molecule has 0 unspecified atom stereocenters. The molecule has 0 spiro atoms. The van der Waals surface area contributed by atoms with Crippen LogP contribution in [0, 0.1) is 6.92 Å². The lowest BCUT2D eigenvalue weighted by molar-refractivity contribution is 0.251. The highest BCUT2D eigenvalue weighted by Crippen LogP contribution is 2.36. The number of nitrogens with one attached hydrogen (secondary N) is 2. The maximum Gasteiger partial charge on any atom is 0.319 e. The van der Waals surface area contributed by atoms with Crippen LogP contribution < -0.4 is 10.6 Å². The molecule has 1 aliphatic rings. The number of carbonyl (C=O) groups excluding carboxylic acids is 1. The van der Waals surface area contributed by atoms with Crippen molar-refractivity contribution in [3.05, 3.63) is 69.3 Å². The Labute approximate surface area is 168 Å². The number of aryl methyl sites for hydroxylation is 2. The van der Waals surface area contributed by atoms with E-state index in [-0.39, 0.29) is 6.03 Å². The normalized spacial score (nSPS) is 13.3. The summed E-state index contributed by atoms with van der Waals surface area (Å²) in [7, 11) is 0. The van der Waals surface area contributed by atoms with Crippen LogP contribution in [0.1, 0.15) is 34.4 Å². The van der Waals surface area contributed by atoms with Gasteiger partial charge in [-0.3, -0.25) is 0 Å². The van der Waals surface area contributed by atoms with Gasteiger partial charge in [-0.1, -0.05) is 17.7 Å². The maximum absolute atomic E-state index is 12.5. The quantitative estimate of drug-likeness (QED) is 0.580. The minimum Gasteiger partial charge on any atom is -0.334 e. The van der Waals surface area contributed by atoms with Crippen LogP contribution in [-0.2, 0) is 19.4 Å². The van der Waals surface area contributed by atoms with E-state index in [1.165, 1.54) is 33.8 Å². The molecule has 0 fully saturated rings. The van der Waals surface area contributed by atoms with Crippen LogP contribution in [0.4, 0.5) is 10.5 Å². The fraction of sp³-hybridized carbons (Fsp3) is 0.286. The molecule has 1 aromatic carbocycles. The summed E-state index contributed by atoms with van der Waals surface area (Å²) < 4.78 is 2.15. The topological polar surface area (TPSA) is 46.1 Å². The Hall–Kier alpha value is -2.24. The lowest BCUT2D eigenvalue weighted by Gasteiger charge is -2.15. The molecule has 3 aromatic rings. The van der Waals surface area contributed by atoms with Gasteiger partial charge in [0.2, 0.25) is 0 Å². The smallest absolute Gasteiger partial charge is 0.319 e. The summed E-state index contributed by atoms with van der Waals surface area (Å²) >= 11 is 7.90. The van der Waals surface area contributed by atoms with Gasteiger partial charge in [0.1, 0.15) is 5.00 Å². The summed E-state index contributed by atoms with van der Waals surface area (Å²) in [6.07, 6.45) is 8.84. The Morgan fingerprint density at radius 3 is 2.81 bits per heavy atom. The van der Waals surface area contributed by atoms with Gasteiger partial charge in [-0.15, -0.1) is 11.3 Å². The van der Waals surface area contributed by atoms with E-state index in [2.05, 4.69) is 27.6 Å². The Bertz CT molecular complexity index is 962. The first-order valence-corrected chi connectivity index (χ1v) is 10.4. The summed E-state index contributed by atoms with van der Waals surface area (Å²) in [6, 6.07) is 9.34. The molecule has 0 bridgehead atoms. The monoisotopic (exact) mass is 399 g/mol. The standard InChI is InChI=1S/C21H22ClN3OS/c1-14-8-9-15(22)12-18(14)24-21(26)23-13-17-16-6-2-3-7-19(16)27-20(17)25-10-4-5-11-25/h4-5,8-12H,2-3,6-7,13H2,1H3,(H2,23,24,26). The molecule has 2 heterocycles. The summed E-state index contributed by atoms with van der Waals surface area (Å²) in [6.45, 7) is 2.47. The number of hydrogen-bond donors (Lipinski definition) is 2. The summed E-state index contributed by atoms with van der Waals surface area (Å²) in [4.78, 5) is 13.9.